The molecular weight excluding hydrogens is 507 g/mol. The summed E-state index contributed by atoms with van der Waals surface area (Å²) in [5.74, 6) is 0. The highest BCUT2D eigenvalue weighted by atomic mass is 31.3. The van der Waals surface area contributed by atoms with Crippen LogP contribution in [0.15, 0.2) is 15.9 Å². The van der Waals surface area contributed by atoms with Crippen molar-refractivity contribution in [2.75, 3.05) is 6.61 Å². The maximum absolute atomic E-state index is 11.8. The number of ether oxygens (including phenoxy) is 1. The Kier molecular flexibility index (Phi) is 6.78. The van der Waals surface area contributed by atoms with Gasteiger partial charge in [0.05, 0.1) is 12.9 Å². The Morgan fingerprint density at radius 3 is 2.41 bits per heavy atom. The summed E-state index contributed by atoms with van der Waals surface area (Å²) in [5.41, 5.74) is -2.13. The Balaban J connectivity index is 1.73. The molecule has 1 aliphatic rings. The zero-order valence-corrected chi connectivity index (χ0v) is 18.0. The minimum absolute atomic E-state index is 0.169. The predicted octanol–water partition coefficient (Wildman–Crippen LogP) is -3.05. The number of hydrogen-bond donors (Lipinski definition) is 9. The number of nitrogens with zero attached hydrogens (tertiary/aromatic N) is 2. The molecule has 6 atom stereocenters. The maximum atomic E-state index is 11.8. The average Bonchev–Trinajstić information content (AvgIpc) is 3.12. The highest BCUT2D eigenvalue weighted by molar-refractivity contribution is 7.70. The van der Waals surface area contributed by atoms with Crippen LogP contribution in [-0.2, 0) is 27.3 Å². The van der Waals surface area contributed by atoms with E-state index in [0.29, 0.717) is 0 Å². The number of aliphatic hydroxyl groups excluding tert-OH is 2. The van der Waals surface area contributed by atoms with Crippen molar-refractivity contribution >= 4 is 34.5 Å². The number of phosphoric acid groups is 1. The first-order chi connectivity index (χ1) is 14.6. The zero-order valence-electron chi connectivity index (χ0n) is 15.3. The molecule has 1 aliphatic heterocycles. The van der Waals surface area contributed by atoms with Gasteiger partial charge in [0.2, 0.25) is 0 Å². The molecular formula is C10H16N5O14P3. The van der Waals surface area contributed by atoms with Crippen LogP contribution >= 0.6 is 23.3 Å². The Bertz CT molecular complexity index is 1260. The van der Waals surface area contributed by atoms with Gasteiger partial charge < -0.3 is 34.5 Å². The van der Waals surface area contributed by atoms with Gasteiger partial charge in [-0.1, -0.05) is 0 Å². The Hall–Kier alpha value is -1.56. The predicted molar refractivity (Wildman–Crippen MR) is 98.8 cm³/mol. The summed E-state index contributed by atoms with van der Waals surface area (Å²) in [7, 11) is -16.3. The van der Waals surface area contributed by atoms with Gasteiger partial charge in [-0.15, -0.1) is 4.86 Å². The minimum atomic E-state index is -5.50. The molecule has 22 heteroatoms. The van der Waals surface area contributed by atoms with E-state index in [0.717, 1.165) is 15.8 Å². The summed E-state index contributed by atoms with van der Waals surface area (Å²) >= 11 is 0. The molecule has 32 heavy (non-hydrogen) atoms. The van der Waals surface area contributed by atoms with Gasteiger partial charge in [-0.3, -0.25) is 23.9 Å². The summed E-state index contributed by atoms with van der Waals surface area (Å²) in [6.45, 7) is -1.01. The van der Waals surface area contributed by atoms with E-state index in [2.05, 4.69) is 18.8 Å². The van der Waals surface area contributed by atoms with E-state index in [1.807, 2.05) is 4.98 Å². The molecule has 0 bridgehead atoms. The fraction of sp³-hybridized carbons (Fsp3) is 0.500. The number of rotatable bonds is 8. The quantitative estimate of drug-likeness (QED) is 0.155. The van der Waals surface area contributed by atoms with Crippen LogP contribution in [0.25, 0.3) is 11.2 Å². The Morgan fingerprint density at radius 2 is 1.78 bits per heavy atom. The molecule has 0 spiro atoms. The van der Waals surface area contributed by atoms with Crippen molar-refractivity contribution in [1.82, 2.24) is 24.4 Å². The van der Waals surface area contributed by atoms with E-state index in [4.69, 9.17) is 14.5 Å². The van der Waals surface area contributed by atoms with Crippen LogP contribution in [0.3, 0.4) is 0 Å². The van der Waals surface area contributed by atoms with Gasteiger partial charge in [-0.2, -0.15) is 4.31 Å². The summed E-state index contributed by atoms with van der Waals surface area (Å²) < 4.78 is 48.5. The molecule has 19 nitrogen and oxygen atoms in total. The molecule has 0 radical (unpaired) electrons. The third-order valence-corrected chi connectivity index (χ3v) is 8.19. The fourth-order valence-corrected chi connectivity index (χ4v) is 6.19. The molecule has 9 N–H and O–H groups in total. The van der Waals surface area contributed by atoms with Gasteiger partial charge in [0.15, 0.2) is 11.7 Å². The van der Waals surface area contributed by atoms with E-state index in [9.17, 15) is 43.3 Å². The van der Waals surface area contributed by atoms with Gasteiger partial charge in [0.25, 0.3) is 5.56 Å². The number of imidazole rings is 1. The summed E-state index contributed by atoms with van der Waals surface area (Å²) in [4.78, 5) is 67.9. The van der Waals surface area contributed by atoms with Crippen molar-refractivity contribution in [3.8, 4) is 0 Å². The van der Waals surface area contributed by atoms with E-state index in [1.54, 1.807) is 0 Å². The minimum Gasteiger partial charge on any atom is -0.387 e. The SMILES string of the molecule is O=c1[nH]c(=O)c2ncn([C@@H]3O[C@H](COP(=O)(O)OP(=O)(O)NP(=O)(O)O)[C@@H](O)[C@H]3O)c2[nH]1. The van der Waals surface area contributed by atoms with E-state index in [-0.39, 0.29) is 11.2 Å². The number of H-pyrrole nitrogens is 2. The fourth-order valence-electron chi connectivity index (χ4n) is 2.76. The van der Waals surface area contributed by atoms with Crippen LogP contribution in [0, 0.1) is 0 Å². The smallest absolute Gasteiger partial charge is 0.387 e. The molecule has 1 fully saturated rings. The summed E-state index contributed by atoms with van der Waals surface area (Å²) in [6, 6.07) is 0. The molecule has 2 aromatic rings. The Labute approximate surface area is 175 Å². The molecule has 2 unspecified atom stereocenters. The lowest BCUT2D eigenvalue weighted by Crippen LogP contribution is -2.33. The first-order valence-electron chi connectivity index (χ1n) is 8.16. The second kappa shape index (κ2) is 8.66. The number of hydrogen-bond acceptors (Lipinski definition) is 11. The van der Waals surface area contributed by atoms with Gasteiger partial charge in [-0.25, -0.2) is 23.5 Å². The van der Waals surface area contributed by atoms with Crippen LogP contribution in [0.4, 0.5) is 0 Å². The third kappa shape index (κ3) is 5.67. The van der Waals surface area contributed by atoms with Crippen molar-refractivity contribution in [1.29, 1.82) is 0 Å². The molecule has 180 valence electrons. The van der Waals surface area contributed by atoms with Gasteiger partial charge in [0.1, 0.15) is 24.0 Å². The lowest BCUT2D eigenvalue weighted by Gasteiger charge is -2.19. The molecule has 3 rings (SSSR count). The van der Waals surface area contributed by atoms with Gasteiger partial charge in [0, 0.05) is 0 Å². The number of aliphatic hydroxyl groups is 2. The van der Waals surface area contributed by atoms with Crippen molar-refractivity contribution in [3.63, 3.8) is 0 Å². The van der Waals surface area contributed by atoms with E-state index >= 15 is 0 Å². The van der Waals surface area contributed by atoms with Crippen LogP contribution in [-0.4, -0.2) is 74.2 Å². The number of phosphoric ester groups is 1. The number of aromatic amines is 2. The molecule has 0 saturated carbocycles. The second-order valence-corrected chi connectivity index (χ2v) is 11.1. The normalized spacial score (nSPS) is 27.9. The molecule has 0 aromatic carbocycles. The van der Waals surface area contributed by atoms with Crippen molar-refractivity contribution in [2.24, 2.45) is 0 Å². The van der Waals surface area contributed by atoms with Gasteiger partial charge in [-0.05, 0) is 0 Å². The van der Waals surface area contributed by atoms with Crippen molar-refractivity contribution < 1.29 is 57.1 Å². The molecule has 2 aromatic heterocycles. The average molecular weight is 523 g/mol. The molecule has 0 aliphatic carbocycles. The first-order valence-corrected chi connectivity index (χ1v) is 12.8. The van der Waals surface area contributed by atoms with Crippen molar-refractivity contribution in [3.05, 3.63) is 27.2 Å². The second-order valence-electron chi connectivity index (χ2n) is 6.31. The molecule has 0 amide bonds. The lowest BCUT2D eigenvalue weighted by atomic mass is 10.1. The topological polar surface area (TPSA) is 296 Å². The van der Waals surface area contributed by atoms with Crippen LogP contribution in [0.5, 0.6) is 0 Å². The van der Waals surface area contributed by atoms with E-state index in [1.165, 1.54) is 0 Å². The van der Waals surface area contributed by atoms with Crippen LogP contribution in [0.2, 0.25) is 0 Å². The lowest BCUT2D eigenvalue weighted by molar-refractivity contribution is -0.0502. The molecule has 1 saturated heterocycles. The van der Waals surface area contributed by atoms with Crippen LogP contribution < -0.4 is 16.1 Å². The molecule has 3 heterocycles. The number of nitrogens with one attached hydrogen (secondary N) is 3. The highest BCUT2D eigenvalue weighted by Crippen LogP contribution is 2.61. The largest absolute Gasteiger partial charge is 0.480 e. The highest BCUT2D eigenvalue weighted by Gasteiger charge is 2.46. The van der Waals surface area contributed by atoms with E-state index < -0.39 is 65.7 Å². The van der Waals surface area contributed by atoms with Crippen molar-refractivity contribution in [2.45, 2.75) is 24.5 Å². The first kappa shape index (κ1) is 25.1. The zero-order chi connectivity index (χ0) is 24.1. The maximum Gasteiger partial charge on any atom is 0.480 e. The standard InChI is InChI=1S/C10H16N5O14P3/c16-5-3(1-27-32(25,26)29-31(23,24)14-30(20,21)22)28-9(6(5)17)15-2-11-4-7(15)12-10(19)13-8(4)18/h2-3,5-6,9,16-17H,1H2,(H,25,26)(H2,12,13,18,19)(H4,14,20,21,22,23,24)/t3-,5-,6-,9-/m1/s1. The monoisotopic (exact) mass is 523 g/mol. The Morgan fingerprint density at radius 1 is 1.12 bits per heavy atom. The number of fused-ring (bicyclic) bond motifs is 1. The number of aromatic nitrogens is 4. The summed E-state index contributed by atoms with van der Waals surface area (Å²) in [5, 5.41) is 20.4. The van der Waals surface area contributed by atoms with Gasteiger partial charge >= 0.3 is 29.0 Å². The third-order valence-electron chi connectivity index (χ3n) is 3.95. The summed E-state index contributed by atoms with van der Waals surface area (Å²) in [6.07, 6.45) is -5.48. The van der Waals surface area contributed by atoms with Crippen LogP contribution in [0.1, 0.15) is 6.23 Å².